The van der Waals surface area contributed by atoms with E-state index in [1.165, 1.54) is 0 Å². The summed E-state index contributed by atoms with van der Waals surface area (Å²) in [7, 11) is 0. The zero-order valence-corrected chi connectivity index (χ0v) is 11.0. The van der Waals surface area contributed by atoms with E-state index in [2.05, 4.69) is 5.32 Å². The number of benzene rings is 1. The number of rotatable bonds is 3. The third-order valence-corrected chi connectivity index (χ3v) is 3.46. The summed E-state index contributed by atoms with van der Waals surface area (Å²) in [4.78, 5) is 25.2. The standard InChI is InChI=1S/C14H19N3O2/c1-10(13(15)11-5-3-2-4-6-11)14(19)17-8-7-16-12(18)9-17/h2-6,10,13H,7-9,15H2,1H3,(H,16,18). The van der Waals surface area contributed by atoms with Gasteiger partial charge >= 0.3 is 0 Å². The van der Waals surface area contributed by atoms with Crippen LogP contribution in [0.2, 0.25) is 0 Å². The van der Waals surface area contributed by atoms with Crippen LogP contribution in [0.25, 0.3) is 0 Å². The third kappa shape index (κ3) is 3.12. The Balaban J connectivity index is 2.04. The maximum atomic E-state index is 12.3. The van der Waals surface area contributed by atoms with Crippen LogP contribution in [-0.4, -0.2) is 36.3 Å². The van der Waals surface area contributed by atoms with Gasteiger partial charge in [-0.2, -0.15) is 0 Å². The molecular formula is C14H19N3O2. The molecule has 2 amide bonds. The molecule has 2 unspecified atom stereocenters. The number of nitrogens with zero attached hydrogens (tertiary/aromatic N) is 1. The molecule has 2 atom stereocenters. The molecule has 0 spiro atoms. The predicted molar refractivity (Wildman–Crippen MR) is 72.1 cm³/mol. The van der Waals surface area contributed by atoms with Crippen molar-refractivity contribution in [3.63, 3.8) is 0 Å². The second-order valence-corrected chi connectivity index (χ2v) is 4.83. The van der Waals surface area contributed by atoms with Crippen molar-refractivity contribution in [2.45, 2.75) is 13.0 Å². The van der Waals surface area contributed by atoms with Gasteiger partial charge in [-0.15, -0.1) is 0 Å². The summed E-state index contributed by atoms with van der Waals surface area (Å²) in [5.74, 6) is -0.514. The van der Waals surface area contributed by atoms with E-state index < -0.39 is 0 Å². The first-order valence-electron chi connectivity index (χ1n) is 6.45. The summed E-state index contributed by atoms with van der Waals surface area (Å²) in [6.45, 7) is 3.01. The zero-order chi connectivity index (χ0) is 13.8. The zero-order valence-electron chi connectivity index (χ0n) is 11.0. The molecule has 1 aromatic rings. The van der Waals surface area contributed by atoms with Crippen molar-refractivity contribution in [1.29, 1.82) is 0 Å². The smallest absolute Gasteiger partial charge is 0.239 e. The van der Waals surface area contributed by atoms with E-state index in [9.17, 15) is 9.59 Å². The number of hydrogen-bond donors (Lipinski definition) is 2. The lowest BCUT2D eigenvalue weighted by molar-refractivity contribution is -0.141. The van der Waals surface area contributed by atoms with Gasteiger partial charge in [-0.3, -0.25) is 9.59 Å². The van der Waals surface area contributed by atoms with Crippen molar-refractivity contribution >= 4 is 11.8 Å². The fraction of sp³-hybridized carbons (Fsp3) is 0.429. The summed E-state index contributed by atoms with van der Waals surface area (Å²) in [6, 6.07) is 9.20. The number of piperazine rings is 1. The van der Waals surface area contributed by atoms with Gasteiger partial charge in [0.1, 0.15) is 0 Å². The van der Waals surface area contributed by atoms with E-state index >= 15 is 0 Å². The molecule has 1 saturated heterocycles. The Bertz CT molecular complexity index is 461. The van der Waals surface area contributed by atoms with Crippen LogP contribution in [0, 0.1) is 5.92 Å². The third-order valence-electron chi connectivity index (χ3n) is 3.46. The minimum absolute atomic E-state index is 0.0637. The van der Waals surface area contributed by atoms with Crippen LogP contribution in [0.5, 0.6) is 0 Å². The van der Waals surface area contributed by atoms with Crippen molar-refractivity contribution < 1.29 is 9.59 Å². The minimum atomic E-state index is -0.348. The molecule has 19 heavy (non-hydrogen) atoms. The minimum Gasteiger partial charge on any atom is -0.353 e. The predicted octanol–water partition coefficient (Wildman–Crippen LogP) is 0.281. The largest absolute Gasteiger partial charge is 0.353 e. The van der Waals surface area contributed by atoms with Crippen LogP contribution in [0.3, 0.4) is 0 Å². The molecule has 3 N–H and O–H groups in total. The maximum Gasteiger partial charge on any atom is 0.239 e. The summed E-state index contributed by atoms with van der Waals surface area (Å²) in [5.41, 5.74) is 7.07. The van der Waals surface area contributed by atoms with Gasteiger partial charge in [-0.05, 0) is 5.56 Å². The van der Waals surface area contributed by atoms with Gasteiger partial charge in [0.25, 0.3) is 0 Å². The maximum absolute atomic E-state index is 12.3. The summed E-state index contributed by atoms with van der Waals surface area (Å²) >= 11 is 0. The number of hydrogen-bond acceptors (Lipinski definition) is 3. The van der Waals surface area contributed by atoms with Crippen molar-refractivity contribution in [2.75, 3.05) is 19.6 Å². The molecule has 1 aliphatic heterocycles. The molecular weight excluding hydrogens is 242 g/mol. The van der Waals surface area contributed by atoms with Crippen LogP contribution >= 0.6 is 0 Å². The Morgan fingerprint density at radius 2 is 2.05 bits per heavy atom. The van der Waals surface area contributed by atoms with Gasteiger partial charge in [-0.1, -0.05) is 37.3 Å². The fourth-order valence-corrected chi connectivity index (χ4v) is 2.23. The van der Waals surface area contributed by atoms with Gasteiger partial charge in [-0.25, -0.2) is 0 Å². The Morgan fingerprint density at radius 3 is 2.68 bits per heavy atom. The molecule has 0 aliphatic carbocycles. The monoisotopic (exact) mass is 261 g/mol. The van der Waals surface area contributed by atoms with Crippen molar-refractivity contribution in [3.05, 3.63) is 35.9 Å². The van der Waals surface area contributed by atoms with Crippen LogP contribution in [0.4, 0.5) is 0 Å². The second-order valence-electron chi connectivity index (χ2n) is 4.83. The highest BCUT2D eigenvalue weighted by Gasteiger charge is 2.29. The SMILES string of the molecule is CC(C(=O)N1CCNC(=O)C1)C(N)c1ccccc1. The first kappa shape index (κ1) is 13.5. The summed E-state index contributed by atoms with van der Waals surface area (Å²) in [6.07, 6.45) is 0. The number of amides is 2. The molecule has 2 rings (SSSR count). The van der Waals surface area contributed by atoms with Gasteiger partial charge < -0.3 is 16.0 Å². The lowest BCUT2D eigenvalue weighted by Crippen LogP contribution is -2.52. The van der Waals surface area contributed by atoms with E-state index in [-0.39, 0.29) is 30.3 Å². The number of nitrogens with one attached hydrogen (secondary N) is 1. The van der Waals surface area contributed by atoms with Gasteiger partial charge in [0.15, 0.2) is 0 Å². The molecule has 0 saturated carbocycles. The molecule has 0 aromatic heterocycles. The molecule has 102 valence electrons. The fourth-order valence-electron chi connectivity index (χ4n) is 2.23. The highest BCUT2D eigenvalue weighted by Crippen LogP contribution is 2.21. The van der Waals surface area contributed by atoms with Gasteiger partial charge in [0.05, 0.1) is 12.5 Å². The first-order chi connectivity index (χ1) is 9.09. The Labute approximate surface area is 112 Å². The lowest BCUT2D eigenvalue weighted by Gasteiger charge is -2.31. The molecule has 0 bridgehead atoms. The Hall–Kier alpha value is -1.88. The second kappa shape index (κ2) is 5.84. The van der Waals surface area contributed by atoms with E-state index in [4.69, 9.17) is 5.73 Å². The quantitative estimate of drug-likeness (QED) is 0.820. The lowest BCUT2D eigenvalue weighted by atomic mass is 9.94. The topological polar surface area (TPSA) is 75.4 Å². The van der Waals surface area contributed by atoms with E-state index in [0.717, 1.165) is 5.56 Å². The highest BCUT2D eigenvalue weighted by atomic mass is 16.2. The average Bonchev–Trinajstić information content (AvgIpc) is 2.46. The molecule has 5 nitrogen and oxygen atoms in total. The van der Waals surface area contributed by atoms with Crippen LogP contribution in [-0.2, 0) is 9.59 Å². The Morgan fingerprint density at radius 1 is 1.37 bits per heavy atom. The van der Waals surface area contributed by atoms with Crippen molar-refractivity contribution in [3.8, 4) is 0 Å². The van der Waals surface area contributed by atoms with Crippen molar-refractivity contribution in [1.82, 2.24) is 10.2 Å². The molecule has 1 aliphatic rings. The van der Waals surface area contributed by atoms with E-state index in [0.29, 0.717) is 13.1 Å². The normalized spacial score (nSPS) is 18.6. The molecule has 0 radical (unpaired) electrons. The van der Waals surface area contributed by atoms with E-state index in [1.54, 1.807) is 4.90 Å². The van der Waals surface area contributed by atoms with Crippen molar-refractivity contribution in [2.24, 2.45) is 11.7 Å². The number of nitrogens with two attached hydrogens (primary N) is 1. The molecule has 1 fully saturated rings. The highest BCUT2D eigenvalue weighted by molar-refractivity contribution is 5.87. The van der Waals surface area contributed by atoms with Crippen LogP contribution < -0.4 is 11.1 Å². The summed E-state index contributed by atoms with van der Waals surface area (Å²) < 4.78 is 0. The molecule has 5 heteroatoms. The number of carbonyl (C=O) groups excluding carboxylic acids is 2. The average molecular weight is 261 g/mol. The van der Waals surface area contributed by atoms with Gasteiger partial charge in [0, 0.05) is 19.1 Å². The van der Waals surface area contributed by atoms with Crippen LogP contribution in [0.15, 0.2) is 30.3 Å². The van der Waals surface area contributed by atoms with Gasteiger partial charge in [0.2, 0.25) is 11.8 Å². The van der Waals surface area contributed by atoms with Crippen LogP contribution in [0.1, 0.15) is 18.5 Å². The summed E-state index contributed by atoms with van der Waals surface area (Å²) in [5, 5.41) is 2.70. The Kier molecular flexibility index (Phi) is 4.16. The molecule has 1 heterocycles. The first-order valence-corrected chi connectivity index (χ1v) is 6.45. The molecule has 1 aromatic carbocycles. The van der Waals surface area contributed by atoms with E-state index in [1.807, 2.05) is 37.3 Å². The number of carbonyl (C=O) groups is 2.